The van der Waals surface area contributed by atoms with Crippen LogP contribution in [-0.4, -0.2) is 29.1 Å². The number of rotatable bonds is 2. The maximum absolute atomic E-state index is 6.51. The zero-order chi connectivity index (χ0) is 29.9. The Morgan fingerprint density at radius 1 is 0.413 bits per heavy atom. The molecule has 0 amide bonds. The Balaban J connectivity index is 1.13. The lowest BCUT2D eigenvalue weighted by atomic mass is 10.1. The van der Waals surface area contributed by atoms with Crippen molar-refractivity contribution < 1.29 is 8.83 Å². The van der Waals surface area contributed by atoms with Crippen molar-refractivity contribution in [3.63, 3.8) is 0 Å². The minimum Gasteiger partial charge on any atom is -0.452 e. The molecule has 8 heterocycles. The van der Waals surface area contributed by atoms with Crippen LogP contribution < -0.4 is 0 Å². The molecule has 0 unspecified atom stereocenters. The van der Waals surface area contributed by atoms with Crippen molar-refractivity contribution >= 4 is 88.0 Å². The number of aromatic nitrogens is 6. The van der Waals surface area contributed by atoms with Crippen LogP contribution in [0.1, 0.15) is 0 Å². The van der Waals surface area contributed by atoms with Gasteiger partial charge >= 0.3 is 0 Å². The van der Waals surface area contributed by atoms with Gasteiger partial charge in [-0.2, -0.15) is 0 Å². The van der Waals surface area contributed by atoms with Crippen molar-refractivity contribution in [1.82, 2.24) is 29.1 Å². The Hall–Kier alpha value is -6.54. The number of benzene rings is 3. The molecule has 0 aliphatic carbocycles. The van der Waals surface area contributed by atoms with Gasteiger partial charge in [0.1, 0.15) is 22.5 Å². The molecule has 11 rings (SSSR count). The lowest BCUT2D eigenvalue weighted by Gasteiger charge is -2.07. The van der Waals surface area contributed by atoms with E-state index in [9.17, 15) is 0 Å². The summed E-state index contributed by atoms with van der Waals surface area (Å²) in [5.74, 6) is 0. The summed E-state index contributed by atoms with van der Waals surface area (Å²) in [5.41, 5.74) is 10.6. The average molecular weight is 593 g/mol. The second kappa shape index (κ2) is 8.55. The van der Waals surface area contributed by atoms with Gasteiger partial charge in [-0.3, -0.25) is 19.1 Å². The smallest absolute Gasteiger partial charge is 0.178 e. The van der Waals surface area contributed by atoms with E-state index < -0.39 is 0 Å². The molecule has 0 atom stereocenters. The van der Waals surface area contributed by atoms with Crippen LogP contribution in [0.25, 0.3) is 99.4 Å². The molecule has 0 aliphatic rings. The Labute approximate surface area is 258 Å². The quantitative estimate of drug-likeness (QED) is 0.199. The second-order valence-electron chi connectivity index (χ2n) is 11.5. The summed E-state index contributed by atoms with van der Waals surface area (Å²) in [7, 11) is 0. The molecule has 0 fully saturated rings. The van der Waals surface area contributed by atoms with Crippen LogP contribution in [0.3, 0.4) is 0 Å². The third-order valence-corrected chi connectivity index (χ3v) is 9.12. The molecule has 46 heavy (non-hydrogen) atoms. The van der Waals surface area contributed by atoms with Gasteiger partial charge in [0.15, 0.2) is 11.2 Å². The van der Waals surface area contributed by atoms with Gasteiger partial charge in [-0.1, -0.05) is 0 Å². The maximum atomic E-state index is 6.51. The highest BCUT2D eigenvalue weighted by atomic mass is 16.4. The van der Waals surface area contributed by atoms with E-state index in [0.29, 0.717) is 0 Å². The summed E-state index contributed by atoms with van der Waals surface area (Å²) >= 11 is 0. The van der Waals surface area contributed by atoms with E-state index in [-0.39, 0.29) is 0 Å². The molecule has 3 aromatic carbocycles. The van der Waals surface area contributed by atoms with E-state index in [0.717, 1.165) is 99.4 Å². The third-order valence-electron chi connectivity index (χ3n) is 9.12. The topological polar surface area (TPSA) is 87.7 Å². The first-order valence-electron chi connectivity index (χ1n) is 15.0. The molecule has 0 N–H and O–H groups in total. The SMILES string of the molecule is c1cnc2c(c1)c1ncccc1n2-c1ccc2oc3c(ccc4c5cc(-n6c7cccnc7c7cccnc76)ccc5oc43)c2c1. The highest BCUT2D eigenvalue weighted by Crippen LogP contribution is 2.41. The van der Waals surface area contributed by atoms with E-state index in [2.05, 4.69) is 79.8 Å². The van der Waals surface area contributed by atoms with Crippen molar-refractivity contribution in [1.29, 1.82) is 0 Å². The predicted molar refractivity (Wildman–Crippen MR) is 181 cm³/mol. The van der Waals surface area contributed by atoms with Gasteiger partial charge in [0.2, 0.25) is 0 Å². The molecule has 8 aromatic heterocycles. The van der Waals surface area contributed by atoms with Gasteiger partial charge < -0.3 is 8.83 Å². The van der Waals surface area contributed by atoms with Gasteiger partial charge in [0.05, 0.1) is 22.1 Å². The van der Waals surface area contributed by atoms with Crippen LogP contribution in [0, 0.1) is 0 Å². The molecule has 0 saturated heterocycles. The maximum Gasteiger partial charge on any atom is 0.178 e. The first-order chi connectivity index (χ1) is 22.8. The van der Waals surface area contributed by atoms with Gasteiger partial charge in [-0.25, -0.2) is 9.97 Å². The number of furan rings is 2. The van der Waals surface area contributed by atoms with Gasteiger partial charge in [0.25, 0.3) is 0 Å². The van der Waals surface area contributed by atoms with Gasteiger partial charge in [0, 0.05) is 68.5 Å². The summed E-state index contributed by atoms with van der Waals surface area (Å²) in [4.78, 5) is 18.8. The molecule has 214 valence electrons. The predicted octanol–water partition coefficient (Wildman–Crippen LogP) is 9.26. The Morgan fingerprint density at radius 2 is 0.870 bits per heavy atom. The molecule has 0 aliphatic heterocycles. The summed E-state index contributed by atoms with van der Waals surface area (Å²) in [6.07, 6.45) is 7.29. The zero-order valence-electron chi connectivity index (χ0n) is 24.0. The molecule has 0 bridgehead atoms. The van der Waals surface area contributed by atoms with Crippen molar-refractivity contribution in [3.8, 4) is 11.4 Å². The first-order valence-corrected chi connectivity index (χ1v) is 15.0. The Bertz CT molecular complexity index is 2740. The van der Waals surface area contributed by atoms with E-state index in [1.165, 1.54) is 0 Å². The summed E-state index contributed by atoms with van der Waals surface area (Å²) in [5, 5.41) is 6.04. The summed E-state index contributed by atoms with van der Waals surface area (Å²) < 4.78 is 17.3. The number of hydrogen-bond acceptors (Lipinski definition) is 6. The molecule has 0 saturated carbocycles. The van der Waals surface area contributed by atoms with E-state index in [1.54, 1.807) is 0 Å². The van der Waals surface area contributed by atoms with Gasteiger partial charge in [-0.05, 0) is 97.1 Å². The van der Waals surface area contributed by atoms with E-state index in [1.807, 2.05) is 61.2 Å². The van der Waals surface area contributed by atoms with Crippen molar-refractivity contribution in [2.24, 2.45) is 0 Å². The van der Waals surface area contributed by atoms with Gasteiger partial charge in [-0.15, -0.1) is 0 Å². The summed E-state index contributed by atoms with van der Waals surface area (Å²) in [6, 6.07) is 32.9. The standard InChI is InChI=1S/C38H20N6O2/c1-5-25-33-29(7-3-15-39-33)43(37(25)41-17-1)21-9-13-31-27(19-21)23-11-12-24-28-20-22(10-14-32(28)46-36(24)35(23)45-31)44-30-8-4-16-40-34(30)26-6-2-18-42-38(26)44/h1-20H. The summed E-state index contributed by atoms with van der Waals surface area (Å²) in [6.45, 7) is 0. The molecular formula is C38H20N6O2. The Kier molecular flexibility index (Phi) is 4.43. The highest BCUT2D eigenvalue weighted by molar-refractivity contribution is 6.19. The minimum atomic E-state index is 0.729. The van der Waals surface area contributed by atoms with Crippen molar-refractivity contribution in [3.05, 3.63) is 122 Å². The fourth-order valence-corrected chi connectivity index (χ4v) is 7.16. The van der Waals surface area contributed by atoms with E-state index in [4.69, 9.17) is 18.8 Å². The lowest BCUT2D eigenvalue weighted by Crippen LogP contribution is -1.95. The Morgan fingerprint density at radius 3 is 1.37 bits per heavy atom. The number of pyridine rings is 4. The number of hydrogen-bond donors (Lipinski definition) is 0. The normalized spacial score (nSPS) is 12.3. The fourth-order valence-electron chi connectivity index (χ4n) is 7.16. The minimum absolute atomic E-state index is 0.729. The van der Waals surface area contributed by atoms with Crippen LogP contribution >= 0.6 is 0 Å². The zero-order valence-corrected chi connectivity index (χ0v) is 24.0. The average Bonchev–Trinajstić information content (AvgIpc) is 3.85. The first kappa shape index (κ1) is 23.9. The molecular weight excluding hydrogens is 572 g/mol. The molecule has 0 spiro atoms. The number of nitrogens with zero attached hydrogens (tertiary/aromatic N) is 6. The molecule has 11 aromatic rings. The van der Waals surface area contributed by atoms with Crippen LogP contribution in [0.15, 0.2) is 131 Å². The van der Waals surface area contributed by atoms with Crippen LogP contribution in [0.4, 0.5) is 0 Å². The third kappa shape index (κ3) is 3.02. The largest absolute Gasteiger partial charge is 0.452 e. The molecule has 0 radical (unpaired) electrons. The van der Waals surface area contributed by atoms with E-state index >= 15 is 0 Å². The van der Waals surface area contributed by atoms with Crippen LogP contribution in [-0.2, 0) is 0 Å². The monoisotopic (exact) mass is 592 g/mol. The van der Waals surface area contributed by atoms with Crippen LogP contribution in [0.5, 0.6) is 0 Å². The van der Waals surface area contributed by atoms with Crippen molar-refractivity contribution in [2.45, 2.75) is 0 Å². The fraction of sp³-hybridized carbons (Fsp3) is 0. The number of fused-ring (bicyclic) bond motifs is 13. The lowest BCUT2D eigenvalue weighted by molar-refractivity contribution is 0.633. The van der Waals surface area contributed by atoms with Crippen LogP contribution in [0.2, 0.25) is 0 Å². The second-order valence-corrected chi connectivity index (χ2v) is 11.5. The molecule has 8 nitrogen and oxygen atoms in total. The molecule has 8 heteroatoms. The highest BCUT2D eigenvalue weighted by Gasteiger charge is 2.20. The van der Waals surface area contributed by atoms with Crippen molar-refractivity contribution in [2.75, 3.05) is 0 Å².